The Morgan fingerprint density at radius 1 is 0.750 bits per heavy atom. The first-order valence-electron chi connectivity index (χ1n) is 11.6. The fraction of sp³-hybridized carbons (Fsp3) is 0.900. The standard InChI is InChI=1S/C20H29N3O17/c1-4-6-7(4)23(5(3-21)11(6,26)27)9(24)8(22)12-10(2,25)13(28)18(35,36)14(29,16(12,31)32)20(39,40)15(30,17(12,33)34)19(13,37)38/h4-8,25-40H,22H2,1-2H3. The Bertz CT molecular complexity index is 1160. The number of rotatable bonds is 2. The van der Waals surface area contributed by atoms with Crippen molar-refractivity contribution >= 4 is 5.91 Å². The van der Waals surface area contributed by atoms with E-state index in [4.69, 9.17) is 5.73 Å². The number of carbonyl (C=O) groups is 1. The Labute approximate surface area is 221 Å². The molecule has 226 valence electrons. The van der Waals surface area contributed by atoms with Gasteiger partial charge in [0.1, 0.15) is 17.1 Å². The first-order chi connectivity index (χ1) is 17.5. The molecule has 18 N–H and O–H groups in total. The van der Waals surface area contributed by atoms with E-state index in [9.17, 15) is 91.8 Å². The molecule has 1 aliphatic heterocycles. The van der Waals surface area contributed by atoms with Gasteiger partial charge in [0, 0.05) is 12.0 Å². The van der Waals surface area contributed by atoms with Crippen LogP contribution in [0.1, 0.15) is 13.8 Å². The number of nitrogens with two attached hydrogens (primary N) is 1. The maximum absolute atomic E-state index is 13.8. The molecule has 0 aromatic carbocycles. The zero-order chi connectivity index (χ0) is 31.2. The van der Waals surface area contributed by atoms with E-state index in [2.05, 4.69) is 0 Å². The van der Waals surface area contributed by atoms with Crippen LogP contribution >= 0.6 is 0 Å². The van der Waals surface area contributed by atoms with Gasteiger partial charge in [-0.3, -0.25) is 4.79 Å². The average Bonchev–Trinajstić information content (AvgIpc) is 3.39. The van der Waals surface area contributed by atoms with E-state index in [-0.39, 0.29) is 6.92 Å². The molecule has 6 rings (SSSR count). The van der Waals surface area contributed by atoms with Crippen molar-refractivity contribution < 1.29 is 86.5 Å². The Morgan fingerprint density at radius 2 is 1.12 bits per heavy atom. The third-order valence-corrected chi connectivity index (χ3v) is 10.5. The molecule has 8 atom stereocenters. The number of amides is 1. The number of nitrogens with zero attached hydrogens (tertiary/aromatic N) is 2. The van der Waals surface area contributed by atoms with Crippen LogP contribution in [-0.4, -0.2) is 168 Å². The smallest absolute Gasteiger partial charge is 0.244 e. The summed E-state index contributed by atoms with van der Waals surface area (Å²) in [5, 5.41) is 185. The molecule has 4 bridgehead atoms. The number of hydrogen-bond acceptors (Lipinski definition) is 19. The summed E-state index contributed by atoms with van der Waals surface area (Å²) < 4.78 is 0. The van der Waals surface area contributed by atoms with Crippen LogP contribution in [0.3, 0.4) is 0 Å². The SMILES string of the molecule is CC1C2C1C(O)(O)C(C#N)N2C(=O)C(N)C12C(C)(O)C3(O)C(O)(O)C(O)(C(O)(O)C(O)(C3(O)O)C1(O)O)C2(O)O. The second-order valence-corrected chi connectivity index (χ2v) is 11.8. The minimum absolute atomic E-state index is 0.00248. The zero-order valence-electron chi connectivity index (χ0n) is 20.4. The van der Waals surface area contributed by atoms with Gasteiger partial charge >= 0.3 is 0 Å². The number of hydrogen-bond donors (Lipinski definition) is 17. The van der Waals surface area contributed by atoms with Crippen LogP contribution in [0.2, 0.25) is 0 Å². The van der Waals surface area contributed by atoms with Crippen LogP contribution in [0, 0.1) is 28.6 Å². The Morgan fingerprint density at radius 3 is 1.50 bits per heavy atom. The molecular formula is C20H29N3O17. The molecule has 8 unspecified atom stereocenters. The van der Waals surface area contributed by atoms with Crippen LogP contribution in [0.5, 0.6) is 0 Å². The molecule has 5 aliphatic carbocycles. The van der Waals surface area contributed by atoms with E-state index in [1.165, 1.54) is 13.0 Å². The summed E-state index contributed by atoms with van der Waals surface area (Å²) >= 11 is 0. The van der Waals surface area contributed by atoms with Crippen LogP contribution in [0.15, 0.2) is 0 Å². The molecule has 6 fully saturated rings. The number of carbonyl (C=O) groups excluding carboxylic acids is 1. The first kappa shape index (κ1) is 29.8. The highest BCUT2D eigenvalue weighted by molar-refractivity contribution is 5.86. The van der Waals surface area contributed by atoms with Crippen molar-refractivity contribution in [2.75, 3.05) is 0 Å². The van der Waals surface area contributed by atoms with Gasteiger partial charge in [0.15, 0.2) is 6.04 Å². The average molecular weight is 583 g/mol. The Kier molecular flexibility index (Phi) is 4.90. The Balaban J connectivity index is 1.88. The van der Waals surface area contributed by atoms with Crippen LogP contribution in [0.25, 0.3) is 0 Å². The molecule has 1 heterocycles. The highest BCUT2D eigenvalue weighted by Crippen LogP contribution is 2.80. The van der Waals surface area contributed by atoms with E-state index in [1.807, 2.05) is 0 Å². The highest BCUT2D eigenvalue weighted by atomic mass is 16.7. The van der Waals surface area contributed by atoms with E-state index < -0.39 is 98.4 Å². The van der Waals surface area contributed by atoms with Gasteiger partial charge in [-0.1, -0.05) is 6.92 Å². The van der Waals surface area contributed by atoms with Crippen molar-refractivity contribution in [3.8, 4) is 6.07 Å². The summed E-state index contributed by atoms with van der Waals surface area (Å²) in [6.07, 6.45) is 0. The minimum atomic E-state index is -5.29. The van der Waals surface area contributed by atoms with Crippen molar-refractivity contribution in [3.63, 3.8) is 0 Å². The lowest BCUT2D eigenvalue weighted by atomic mass is 9.27. The minimum Gasteiger partial charge on any atom is -0.386 e. The third kappa shape index (κ3) is 1.95. The van der Waals surface area contributed by atoms with E-state index in [0.717, 1.165) is 0 Å². The fourth-order valence-electron chi connectivity index (χ4n) is 8.52. The summed E-state index contributed by atoms with van der Waals surface area (Å²) in [6.45, 7) is 1.36. The van der Waals surface area contributed by atoms with E-state index >= 15 is 0 Å². The van der Waals surface area contributed by atoms with Crippen molar-refractivity contribution in [1.82, 2.24) is 4.90 Å². The lowest BCUT2D eigenvalue weighted by molar-refractivity contribution is -0.695. The Hall–Kier alpha value is -1.72. The number of fused-ring (bicyclic) bond motifs is 1. The van der Waals surface area contributed by atoms with E-state index in [0.29, 0.717) is 4.90 Å². The predicted molar refractivity (Wildman–Crippen MR) is 112 cm³/mol. The lowest BCUT2D eigenvalue weighted by Crippen LogP contribution is -3.17. The maximum Gasteiger partial charge on any atom is 0.244 e. The largest absolute Gasteiger partial charge is 0.386 e. The molecule has 0 aromatic heterocycles. The molecule has 20 nitrogen and oxygen atoms in total. The molecule has 0 radical (unpaired) electrons. The number of likely N-dealkylation sites (tertiary alicyclic amines) is 1. The van der Waals surface area contributed by atoms with Gasteiger partial charge in [-0.25, -0.2) is 0 Å². The van der Waals surface area contributed by atoms with Crippen molar-refractivity contribution in [3.05, 3.63) is 0 Å². The molecule has 20 heteroatoms. The number of piperidine rings is 1. The van der Waals surface area contributed by atoms with Gasteiger partial charge < -0.3 is 92.3 Å². The normalized spacial score (nSPS) is 53.5. The molecule has 40 heavy (non-hydrogen) atoms. The second kappa shape index (κ2) is 6.59. The second-order valence-electron chi connectivity index (χ2n) is 11.8. The molecule has 5 saturated carbocycles. The lowest BCUT2D eigenvalue weighted by Gasteiger charge is -2.85. The van der Waals surface area contributed by atoms with Gasteiger partial charge in [-0.2, -0.15) is 5.26 Å². The van der Waals surface area contributed by atoms with Crippen LogP contribution in [-0.2, 0) is 4.79 Å². The number of nitriles is 1. The molecule has 6 aliphatic rings. The summed E-state index contributed by atoms with van der Waals surface area (Å²) in [5.74, 6) is -32.8. The number of aliphatic hydroxyl groups is 16. The summed E-state index contributed by atoms with van der Waals surface area (Å²) in [4.78, 5) is 14.1. The highest BCUT2D eigenvalue weighted by Gasteiger charge is 3.13. The van der Waals surface area contributed by atoms with Crippen LogP contribution < -0.4 is 5.73 Å². The molecule has 0 spiro atoms. The van der Waals surface area contributed by atoms with Gasteiger partial charge in [-0.05, 0) is 12.8 Å². The quantitative estimate of drug-likeness (QED) is 0.134. The van der Waals surface area contributed by atoms with E-state index in [1.54, 1.807) is 0 Å². The molecular weight excluding hydrogens is 554 g/mol. The topological polar surface area (TPSA) is 394 Å². The van der Waals surface area contributed by atoms with Gasteiger partial charge in [0.2, 0.25) is 57.4 Å². The van der Waals surface area contributed by atoms with Crippen molar-refractivity contribution in [2.45, 2.75) is 89.1 Å². The van der Waals surface area contributed by atoms with Crippen LogP contribution in [0.4, 0.5) is 0 Å². The first-order valence-corrected chi connectivity index (χ1v) is 11.6. The van der Waals surface area contributed by atoms with Gasteiger partial charge in [0.05, 0.1) is 6.07 Å². The maximum atomic E-state index is 13.8. The monoisotopic (exact) mass is 583 g/mol. The summed E-state index contributed by atoms with van der Waals surface area (Å²) in [6, 6.07) is -5.46. The van der Waals surface area contributed by atoms with Crippen molar-refractivity contribution in [1.29, 1.82) is 5.26 Å². The zero-order valence-corrected chi connectivity index (χ0v) is 20.4. The summed E-state index contributed by atoms with van der Waals surface area (Å²) in [7, 11) is 0. The van der Waals surface area contributed by atoms with Gasteiger partial charge in [-0.15, -0.1) is 0 Å². The third-order valence-electron chi connectivity index (χ3n) is 10.5. The predicted octanol–water partition coefficient (Wildman–Crippen LogP) is -11.3. The fourth-order valence-corrected chi connectivity index (χ4v) is 8.52. The van der Waals surface area contributed by atoms with Crippen molar-refractivity contribution in [2.24, 2.45) is 23.0 Å². The molecule has 1 amide bonds. The summed E-state index contributed by atoms with van der Waals surface area (Å²) in [5.41, 5.74) is -18.4. The molecule has 1 saturated heterocycles. The van der Waals surface area contributed by atoms with Gasteiger partial charge in [0.25, 0.3) is 0 Å². The molecule has 0 aromatic rings.